The predicted octanol–water partition coefficient (Wildman–Crippen LogP) is 2.69. The van der Waals surface area contributed by atoms with E-state index in [0.29, 0.717) is 12.2 Å². The quantitative estimate of drug-likeness (QED) is 0.666. The summed E-state index contributed by atoms with van der Waals surface area (Å²) in [6.45, 7) is 2.16. The van der Waals surface area contributed by atoms with E-state index in [2.05, 4.69) is 6.92 Å². The molecule has 1 rings (SSSR count). The highest BCUT2D eigenvalue weighted by Gasteiger charge is 2.26. The van der Waals surface area contributed by atoms with Gasteiger partial charge in [-0.15, -0.1) is 0 Å². The molecular formula is C12H22O2. The van der Waals surface area contributed by atoms with Crippen LogP contribution in [0.15, 0.2) is 0 Å². The summed E-state index contributed by atoms with van der Waals surface area (Å²) < 4.78 is 0. The molecule has 0 bridgehead atoms. The highest BCUT2D eigenvalue weighted by atomic mass is 16.3. The second-order valence-corrected chi connectivity index (χ2v) is 4.44. The molecule has 0 saturated heterocycles. The molecule has 0 radical (unpaired) electrons. The Bertz CT molecular complexity index is 177. The molecule has 2 heteroatoms. The molecule has 0 aromatic rings. The lowest BCUT2D eigenvalue weighted by Gasteiger charge is -2.13. The van der Waals surface area contributed by atoms with Crippen LogP contribution in [0.1, 0.15) is 58.3 Å². The molecule has 0 heterocycles. The largest absolute Gasteiger partial charge is 0.393 e. The number of aliphatic hydroxyl groups excluding tert-OH is 1. The Balaban J connectivity index is 2.12. The summed E-state index contributed by atoms with van der Waals surface area (Å²) in [5.41, 5.74) is 0. The van der Waals surface area contributed by atoms with E-state index in [1.165, 1.54) is 12.8 Å². The van der Waals surface area contributed by atoms with E-state index in [-0.39, 0.29) is 12.0 Å². The Kier molecular flexibility index (Phi) is 5.16. The molecule has 0 aromatic carbocycles. The average molecular weight is 198 g/mol. The Morgan fingerprint density at radius 3 is 2.86 bits per heavy atom. The molecule has 1 fully saturated rings. The van der Waals surface area contributed by atoms with Gasteiger partial charge in [0.1, 0.15) is 5.78 Å². The fraction of sp³-hybridized carbons (Fsp3) is 0.917. The molecule has 2 nitrogen and oxygen atoms in total. The van der Waals surface area contributed by atoms with E-state index in [1.54, 1.807) is 0 Å². The maximum Gasteiger partial charge on any atom is 0.136 e. The van der Waals surface area contributed by atoms with Crippen molar-refractivity contribution in [2.45, 2.75) is 64.4 Å². The SMILES string of the molecule is CCCCCC(O)CC1CCCC1=O. The van der Waals surface area contributed by atoms with Crippen LogP contribution in [0.25, 0.3) is 0 Å². The number of ketones is 1. The van der Waals surface area contributed by atoms with Crippen molar-refractivity contribution in [3.63, 3.8) is 0 Å². The summed E-state index contributed by atoms with van der Waals surface area (Å²) in [4.78, 5) is 11.3. The average Bonchev–Trinajstić information content (AvgIpc) is 2.52. The molecule has 1 saturated carbocycles. The second-order valence-electron chi connectivity index (χ2n) is 4.44. The van der Waals surface area contributed by atoms with Gasteiger partial charge in [0.05, 0.1) is 6.10 Å². The monoisotopic (exact) mass is 198 g/mol. The Labute approximate surface area is 86.7 Å². The minimum Gasteiger partial charge on any atom is -0.393 e. The molecule has 2 unspecified atom stereocenters. The molecule has 0 aromatic heterocycles. The van der Waals surface area contributed by atoms with E-state index >= 15 is 0 Å². The van der Waals surface area contributed by atoms with Crippen LogP contribution in [0.3, 0.4) is 0 Å². The van der Waals surface area contributed by atoms with Crippen LogP contribution in [-0.4, -0.2) is 17.0 Å². The maximum absolute atomic E-state index is 11.3. The standard InChI is InChI=1S/C12H22O2/c1-2-3-4-7-11(13)9-10-6-5-8-12(10)14/h10-11,13H,2-9H2,1H3. The first kappa shape index (κ1) is 11.7. The van der Waals surface area contributed by atoms with Crippen LogP contribution >= 0.6 is 0 Å². The van der Waals surface area contributed by atoms with E-state index in [9.17, 15) is 9.90 Å². The van der Waals surface area contributed by atoms with Gasteiger partial charge in [-0.1, -0.05) is 26.2 Å². The van der Waals surface area contributed by atoms with E-state index in [4.69, 9.17) is 0 Å². The van der Waals surface area contributed by atoms with Gasteiger partial charge in [0.15, 0.2) is 0 Å². The van der Waals surface area contributed by atoms with E-state index < -0.39 is 0 Å². The van der Waals surface area contributed by atoms with Gasteiger partial charge in [0.25, 0.3) is 0 Å². The van der Waals surface area contributed by atoms with Crippen LogP contribution in [-0.2, 0) is 4.79 Å². The van der Waals surface area contributed by atoms with Gasteiger partial charge >= 0.3 is 0 Å². The van der Waals surface area contributed by atoms with Crippen molar-refractivity contribution in [2.75, 3.05) is 0 Å². The first-order chi connectivity index (χ1) is 6.74. The summed E-state index contributed by atoms with van der Waals surface area (Å²) in [6.07, 6.45) is 7.60. The van der Waals surface area contributed by atoms with Crippen molar-refractivity contribution in [3.05, 3.63) is 0 Å². The van der Waals surface area contributed by atoms with E-state index in [0.717, 1.165) is 32.1 Å². The topological polar surface area (TPSA) is 37.3 Å². The summed E-state index contributed by atoms with van der Waals surface area (Å²) in [5, 5.41) is 9.70. The number of unbranched alkanes of at least 4 members (excludes halogenated alkanes) is 2. The van der Waals surface area contributed by atoms with Gasteiger partial charge in [-0.05, 0) is 25.7 Å². The zero-order chi connectivity index (χ0) is 10.4. The summed E-state index contributed by atoms with van der Waals surface area (Å²) in [5.74, 6) is 0.547. The highest BCUT2D eigenvalue weighted by Crippen LogP contribution is 2.26. The van der Waals surface area contributed by atoms with Crippen molar-refractivity contribution < 1.29 is 9.90 Å². The molecule has 2 atom stereocenters. The minimum absolute atomic E-state index is 0.173. The van der Waals surface area contributed by atoms with Gasteiger partial charge in [-0.3, -0.25) is 4.79 Å². The fourth-order valence-electron chi connectivity index (χ4n) is 2.21. The van der Waals surface area contributed by atoms with Crippen molar-refractivity contribution in [1.82, 2.24) is 0 Å². The Hall–Kier alpha value is -0.370. The number of Topliss-reactive ketones (excluding diaryl/α,β-unsaturated/α-hetero) is 1. The van der Waals surface area contributed by atoms with Gasteiger partial charge in [-0.2, -0.15) is 0 Å². The van der Waals surface area contributed by atoms with Crippen molar-refractivity contribution in [1.29, 1.82) is 0 Å². The second kappa shape index (κ2) is 6.18. The number of aliphatic hydroxyl groups is 1. The van der Waals surface area contributed by atoms with Crippen LogP contribution in [0, 0.1) is 5.92 Å². The molecule has 1 aliphatic rings. The molecule has 0 spiro atoms. The first-order valence-corrected chi connectivity index (χ1v) is 5.94. The lowest BCUT2D eigenvalue weighted by molar-refractivity contribution is -0.121. The number of carbonyl (C=O) groups is 1. The molecular weight excluding hydrogens is 176 g/mol. The zero-order valence-electron chi connectivity index (χ0n) is 9.17. The third-order valence-electron chi connectivity index (χ3n) is 3.13. The molecule has 1 N–H and O–H groups in total. The van der Waals surface area contributed by atoms with Crippen molar-refractivity contribution in [2.24, 2.45) is 5.92 Å². The molecule has 14 heavy (non-hydrogen) atoms. The van der Waals surface area contributed by atoms with Crippen molar-refractivity contribution >= 4 is 5.78 Å². The summed E-state index contributed by atoms with van der Waals surface area (Å²) in [6, 6.07) is 0. The third-order valence-corrected chi connectivity index (χ3v) is 3.13. The lowest BCUT2D eigenvalue weighted by atomic mass is 9.96. The Morgan fingerprint density at radius 1 is 1.50 bits per heavy atom. The summed E-state index contributed by atoms with van der Waals surface area (Å²) >= 11 is 0. The van der Waals surface area contributed by atoms with Crippen LogP contribution in [0.4, 0.5) is 0 Å². The van der Waals surface area contributed by atoms with Crippen LogP contribution < -0.4 is 0 Å². The molecule has 1 aliphatic carbocycles. The lowest BCUT2D eigenvalue weighted by Crippen LogP contribution is -2.16. The number of hydrogen-bond acceptors (Lipinski definition) is 2. The fourth-order valence-corrected chi connectivity index (χ4v) is 2.21. The van der Waals surface area contributed by atoms with Crippen molar-refractivity contribution in [3.8, 4) is 0 Å². The van der Waals surface area contributed by atoms with E-state index in [1.807, 2.05) is 0 Å². The van der Waals surface area contributed by atoms with Gasteiger partial charge in [0.2, 0.25) is 0 Å². The smallest absolute Gasteiger partial charge is 0.136 e. The maximum atomic E-state index is 11.3. The molecule has 0 aliphatic heterocycles. The van der Waals surface area contributed by atoms with Crippen LogP contribution in [0.5, 0.6) is 0 Å². The zero-order valence-corrected chi connectivity index (χ0v) is 9.17. The van der Waals surface area contributed by atoms with Gasteiger partial charge in [0, 0.05) is 12.3 Å². The number of rotatable bonds is 6. The number of carbonyl (C=O) groups excluding carboxylic acids is 1. The normalized spacial score (nSPS) is 24.1. The first-order valence-electron chi connectivity index (χ1n) is 5.94. The molecule has 0 amide bonds. The van der Waals surface area contributed by atoms with Gasteiger partial charge in [-0.25, -0.2) is 0 Å². The Morgan fingerprint density at radius 2 is 2.29 bits per heavy atom. The molecule has 82 valence electrons. The number of hydrogen-bond donors (Lipinski definition) is 1. The van der Waals surface area contributed by atoms with Crippen LogP contribution in [0.2, 0.25) is 0 Å². The highest BCUT2D eigenvalue weighted by molar-refractivity contribution is 5.82. The van der Waals surface area contributed by atoms with Gasteiger partial charge < -0.3 is 5.11 Å². The predicted molar refractivity (Wildman–Crippen MR) is 57.1 cm³/mol. The minimum atomic E-state index is -0.242. The summed E-state index contributed by atoms with van der Waals surface area (Å²) in [7, 11) is 0. The third kappa shape index (κ3) is 3.79.